The second-order valence-corrected chi connectivity index (χ2v) is 4.99. The number of hydrogen-bond donors (Lipinski definition) is 0. The lowest BCUT2D eigenvalue weighted by molar-refractivity contribution is -0.144. The number of imide groups is 1. The van der Waals surface area contributed by atoms with Gasteiger partial charge >= 0.3 is 0 Å². The highest BCUT2D eigenvalue weighted by Crippen LogP contribution is 2.56. The lowest BCUT2D eigenvalue weighted by atomic mass is 9.73. The number of rotatable bonds is 0. The van der Waals surface area contributed by atoms with Crippen LogP contribution in [0.1, 0.15) is 13.8 Å². The first-order valence-electron chi connectivity index (χ1n) is 5.11. The summed E-state index contributed by atoms with van der Waals surface area (Å²) in [7, 11) is 1.55. The minimum absolute atomic E-state index is 0.111. The highest BCUT2D eigenvalue weighted by molar-refractivity contribution is 6.07. The van der Waals surface area contributed by atoms with Crippen LogP contribution in [0.3, 0.4) is 0 Å². The summed E-state index contributed by atoms with van der Waals surface area (Å²) >= 11 is 0. The van der Waals surface area contributed by atoms with Gasteiger partial charge in [0.25, 0.3) is 0 Å². The minimum Gasteiger partial charge on any atom is -0.359 e. The normalized spacial score (nSPS) is 51.8. The maximum Gasteiger partial charge on any atom is 0.236 e. The molecule has 4 nitrogen and oxygen atoms in total. The number of fused-ring (bicyclic) bond motifs is 5. The topological polar surface area (TPSA) is 46.6 Å². The van der Waals surface area contributed by atoms with E-state index in [-0.39, 0.29) is 23.7 Å². The predicted octanol–water partition coefficient (Wildman–Crippen LogP) is 0.335. The Morgan fingerprint density at radius 2 is 1.53 bits per heavy atom. The fourth-order valence-corrected chi connectivity index (χ4v) is 3.17. The average Bonchev–Trinajstić information content (AvgIpc) is 2.67. The van der Waals surface area contributed by atoms with Gasteiger partial charge in [-0.1, -0.05) is 12.2 Å². The van der Waals surface area contributed by atoms with Crippen LogP contribution in [0, 0.1) is 11.8 Å². The Labute approximate surface area is 87.9 Å². The highest BCUT2D eigenvalue weighted by Gasteiger charge is 2.69. The second-order valence-electron chi connectivity index (χ2n) is 4.99. The lowest BCUT2D eigenvalue weighted by Gasteiger charge is -2.23. The molecule has 4 atom stereocenters. The van der Waals surface area contributed by atoms with Crippen molar-refractivity contribution >= 4 is 11.8 Å². The van der Waals surface area contributed by atoms with Crippen LogP contribution in [0.25, 0.3) is 0 Å². The van der Waals surface area contributed by atoms with E-state index in [0.29, 0.717) is 0 Å². The molecule has 2 saturated heterocycles. The van der Waals surface area contributed by atoms with Gasteiger partial charge in [0.15, 0.2) is 0 Å². The lowest BCUT2D eigenvalue weighted by Crippen LogP contribution is -2.37. The molecule has 3 heterocycles. The molecule has 2 bridgehead atoms. The molecule has 0 unspecified atom stereocenters. The number of likely N-dealkylation sites (tertiary alicyclic amines) is 1. The summed E-state index contributed by atoms with van der Waals surface area (Å²) in [6.45, 7) is 3.76. The third-order valence-corrected chi connectivity index (χ3v) is 3.95. The molecule has 0 aliphatic carbocycles. The van der Waals surface area contributed by atoms with Crippen LogP contribution in [0.4, 0.5) is 0 Å². The van der Waals surface area contributed by atoms with E-state index in [9.17, 15) is 9.59 Å². The van der Waals surface area contributed by atoms with Crippen LogP contribution in [-0.2, 0) is 14.3 Å². The van der Waals surface area contributed by atoms with Crippen molar-refractivity contribution < 1.29 is 14.3 Å². The summed E-state index contributed by atoms with van der Waals surface area (Å²) in [6.07, 6.45) is 3.83. The van der Waals surface area contributed by atoms with E-state index in [1.54, 1.807) is 7.05 Å². The summed E-state index contributed by atoms with van der Waals surface area (Å²) < 4.78 is 5.82. The molecule has 0 N–H and O–H groups in total. The molecule has 3 aliphatic heterocycles. The summed E-state index contributed by atoms with van der Waals surface area (Å²) in [4.78, 5) is 25.1. The first-order chi connectivity index (χ1) is 6.89. The number of carbonyl (C=O) groups is 2. The van der Waals surface area contributed by atoms with Crippen LogP contribution in [-0.4, -0.2) is 35.0 Å². The van der Waals surface area contributed by atoms with Crippen molar-refractivity contribution in [1.29, 1.82) is 0 Å². The van der Waals surface area contributed by atoms with Gasteiger partial charge in [-0.15, -0.1) is 0 Å². The van der Waals surface area contributed by atoms with Crippen molar-refractivity contribution in [2.45, 2.75) is 25.0 Å². The number of nitrogens with zero attached hydrogens (tertiary/aromatic N) is 1. The largest absolute Gasteiger partial charge is 0.359 e. The number of carbonyl (C=O) groups excluding carboxylic acids is 2. The van der Waals surface area contributed by atoms with E-state index in [4.69, 9.17) is 4.74 Å². The quantitative estimate of drug-likeness (QED) is 0.425. The van der Waals surface area contributed by atoms with Gasteiger partial charge in [0.2, 0.25) is 11.8 Å². The zero-order valence-electron chi connectivity index (χ0n) is 8.98. The maximum atomic E-state index is 11.9. The Balaban J connectivity index is 2.18. The molecule has 0 spiro atoms. The number of amides is 2. The van der Waals surface area contributed by atoms with Gasteiger partial charge in [-0.05, 0) is 13.8 Å². The fourth-order valence-electron chi connectivity index (χ4n) is 3.17. The van der Waals surface area contributed by atoms with Gasteiger partial charge in [0.1, 0.15) is 0 Å². The molecule has 80 valence electrons. The van der Waals surface area contributed by atoms with Crippen molar-refractivity contribution in [1.82, 2.24) is 4.90 Å². The van der Waals surface area contributed by atoms with Gasteiger partial charge in [-0.2, -0.15) is 0 Å². The fraction of sp³-hybridized carbons (Fsp3) is 0.636. The van der Waals surface area contributed by atoms with Crippen molar-refractivity contribution in [3.05, 3.63) is 12.2 Å². The number of hydrogen-bond acceptors (Lipinski definition) is 3. The smallest absolute Gasteiger partial charge is 0.236 e. The molecule has 0 aromatic heterocycles. The molecular formula is C11H13NO3. The van der Waals surface area contributed by atoms with Gasteiger partial charge in [0.05, 0.1) is 23.0 Å². The SMILES string of the molecule is CN1C(=O)[C@H]2[C@H](C1=O)[C@]1(C)C=C[C@@]2(C)O1. The highest BCUT2D eigenvalue weighted by atomic mass is 16.5. The molecule has 0 aromatic carbocycles. The maximum absolute atomic E-state index is 11.9. The molecule has 0 saturated carbocycles. The van der Waals surface area contributed by atoms with E-state index in [0.717, 1.165) is 0 Å². The third-order valence-electron chi connectivity index (χ3n) is 3.95. The van der Waals surface area contributed by atoms with Crippen LogP contribution in [0.5, 0.6) is 0 Å². The van der Waals surface area contributed by atoms with Crippen LogP contribution in [0.15, 0.2) is 12.2 Å². The predicted molar refractivity (Wildman–Crippen MR) is 51.8 cm³/mol. The molecule has 2 amide bonds. The first-order valence-corrected chi connectivity index (χ1v) is 5.11. The molecule has 3 rings (SSSR count). The Bertz CT molecular complexity index is 380. The molecule has 0 radical (unpaired) electrons. The van der Waals surface area contributed by atoms with Gasteiger partial charge < -0.3 is 4.74 Å². The third kappa shape index (κ3) is 0.785. The standard InChI is InChI=1S/C11H13NO3/c1-10-4-5-11(2,15-10)7-6(10)8(13)12(3)9(7)14/h4-7H,1-3H3/t6-,7-,10-,11+/m1/s1. The van der Waals surface area contributed by atoms with Crippen LogP contribution in [0.2, 0.25) is 0 Å². The van der Waals surface area contributed by atoms with Crippen molar-refractivity contribution in [3.8, 4) is 0 Å². The molecule has 15 heavy (non-hydrogen) atoms. The summed E-state index contributed by atoms with van der Waals surface area (Å²) in [6, 6.07) is 0. The van der Waals surface area contributed by atoms with Crippen molar-refractivity contribution in [2.24, 2.45) is 11.8 Å². The van der Waals surface area contributed by atoms with Crippen LogP contribution < -0.4 is 0 Å². The monoisotopic (exact) mass is 207 g/mol. The zero-order valence-corrected chi connectivity index (χ0v) is 8.98. The summed E-state index contributed by atoms with van der Waals surface area (Å²) in [5, 5.41) is 0. The van der Waals surface area contributed by atoms with Gasteiger partial charge in [-0.25, -0.2) is 0 Å². The van der Waals surface area contributed by atoms with E-state index < -0.39 is 11.2 Å². The van der Waals surface area contributed by atoms with Gasteiger partial charge in [0, 0.05) is 7.05 Å². The number of ether oxygens (including phenoxy) is 1. The van der Waals surface area contributed by atoms with Gasteiger partial charge in [-0.3, -0.25) is 14.5 Å². The van der Waals surface area contributed by atoms with Crippen LogP contribution >= 0.6 is 0 Å². The van der Waals surface area contributed by atoms with Crippen molar-refractivity contribution in [3.63, 3.8) is 0 Å². The summed E-state index contributed by atoms with van der Waals surface area (Å²) in [5.74, 6) is -0.879. The molecule has 4 heteroatoms. The van der Waals surface area contributed by atoms with E-state index in [1.165, 1.54) is 4.90 Å². The average molecular weight is 207 g/mol. The first kappa shape index (κ1) is 9.09. The Kier molecular flexibility index (Phi) is 1.31. The van der Waals surface area contributed by atoms with Crippen molar-refractivity contribution in [2.75, 3.05) is 7.05 Å². The second kappa shape index (κ2) is 2.16. The molecule has 3 aliphatic rings. The van der Waals surface area contributed by atoms with E-state index in [1.807, 2.05) is 26.0 Å². The Morgan fingerprint density at radius 3 is 1.93 bits per heavy atom. The zero-order chi connectivity index (χ0) is 11.0. The van der Waals surface area contributed by atoms with E-state index >= 15 is 0 Å². The Hall–Kier alpha value is -1.16. The molecule has 2 fully saturated rings. The Morgan fingerprint density at radius 1 is 1.13 bits per heavy atom. The molecule has 0 aromatic rings. The van der Waals surface area contributed by atoms with E-state index in [2.05, 4.69) is 0 Å². The summed E-state index contributed by atoms with van der Waals surface area (Å²) in [5.41, 5.74) is -1.17. The molecular weight excluding hydrogens is 194 g/mol. The minimum atomic E-state index is -0.586.